The highest BCUT2D eigenvalue weighted by atomic mass is 31.3. The molecule has 0 aromatic carbocycles. The molecule has 1 aromatic rings. The second-order valence-electron chi connectivity index (χ2n) is 20.2. The summed E-state index contributed by atoms with van der Waals surface area (Å²) in [6.45, 7) is 4.25. The third-order valence-corrected chi connectivity index (χ3v) is 15.9. The van der Waals surface area contributed by atoms with Gasteiger partial charge in [-0.15, -0.1) is 0 Å². The first-order valence-corrected chi connectivity index (χ1v) is 31.8. The maximum absolute atomic E-state index is 12.9. The lowest BCUT2D eigenvalue weighted by Crippen LogP contribution is -2.36. The number of anilines is 1. The van der Waals surface area contributed by atoms with Gasteiger partial charge in [0.1, 0.15) is 30.7 Å². The molecule has 2 heterocycles. The Bertz CT molecular complexity index is 2080. The number of carbonyl (C=O) groups is 2. The molecule has 1 saturated heterocycles. The Balaban J connectivity index is 1.79. The normalized spacial score (nSPS) is 19.8. The molecule has 0 bridgehead atoms. The van der Waals surface area contributed by atoms with Crippen molar-refractivity contribution in [1.29, 1.82) is 0 Å². The molecule has 1 fully saturated rings. The van der Waals surface area contributed by atoms with Crippen molar-refractivity contribution in [1.82, 2.24) is 9.55 Å². The number of unbranched alkanes of at least 4 members (excludes halogenated alkanes) is 17. The van der Waals surface area contributed by atoms with Gasteiger partial charge in [0.05, 0.1) is 19.3 Å². The second kappa shape index (κ2) is 43.2. The van der Waals surface area contributed by atoms with Crippen LogP contribution in [0.25, 0.3) is 0 Å². The summed E-state index contributed by atoms with van der Waals surface area (Å²) in [5.74, 6) is -0.641. The van der Waals surface area contributed by atoms with E-state index in [0.29, 0.717) is 6.42 Å². The summed E-state index contributed by atoms with van der Waals surface area (Å²) in [6, 6.07) is 1.24. The lowest BCUT2D eigenvalue weighted by atomic mass is 9.99. The van der Waals surface area contributed by atoms with Gasteiger partial charge in [0.2, 0.25) is 0 Å². The van der Waals surface area contributed by atoms with Crippen LogP contribution in [0.1, 0.15) is 207 Å². The van der Waals surface area contributed by atoms with Gasteiger partial charge in [-0.3, -0.25) is 23.2 Å². The van der Waals surface area contributed by atoms with E-state index in [1.165, 1.54) is 102 Å². The topological polar surface area (TPSA) is 286 Å². The fraction of sp³-hybridized carbons (Fsp3) is 0.719. The number of hydrogen-bond acceptors (Lipinski definition) is 16. The number of hydrogen-bond donors (Lipinski definition) is 6. The van der Waals surface area contributed by atoms with Crippen molar-refractivity contribution < 1.29 is 71.4 Å². The number of phosphoric acid groups is 2. The molecule has 1 aromatic heterocycles. The monoisotopic (exact) mass is 1140 g/mol. The Morgan fingerprint density at radius 2 is 1.23 bits per heavy atom. The number of aliphatic hydroxyl groups is 3. The van der Waals surface area contributed by atoms with Gasteiger partial charge in [-0.05, 0) is 56.9 Å². The second-order valence-corrected chi connectivity index (χ2v) is 23.3. The Hall–Kier alpha value is -3.58. The van der Waals surface area contributed by atoms with E-state index < -0.39 is 89.8 Å². The largest absolute Gasteiger partial charge is 0.481 e. The minimum atomic E-state index is -5.47. The van der Waals surface area contributed by atoms with Gasteiger partial charge in [-0.25, -0.2) is 13.9 Å². The van der Waals surface area contributed by atoms with Crippen molar-refractivity contribution in [2.45, 2.75) is 237 Å². The quantitative estimate of drug-likeness (QED) is 0.0116. The highest BCUT2D eigenvalue weighted by Crippen LogP contribution is 2.60. The molecule has 19 nitrogen and oxygen atoms in total. The fourth-order valence-corrected chi connectivity index (χ4v) is 10.5. The van der Waals surface area contributed by atoms with E-state index in [0.717, 1.165) is 68.0 Å². The number of nitrogens with zero attached hydrogens (tertiary/aromatic N) is 2. The molecule has 7 N–H and O–H groups in total. The van der Waals surface area contributed by atoms with Crippen LogP contribution in [0.15, 0.2) is 77.8 Å². The molecular formula is C57H97N3O16P2. The number of esters is 2. The number of carbonyl (C=O) groups excluding carboxylic acids is 2. The fourth-order valence-electron chi connectivity index (χ4n) is 8.44. The van der Waals surface area contributed by atoms with Gasteiger partial charge in [-0.1, -0.05) is 204 Å². The van der Waals surface area contributed by atoms with Crippen LogP contribution in [0.5, 0.6) is 0 Å². The maximum Gasteiger partial charge on any atom is 0.481 e. The van der Waals surface area contributed by atoms with Crippen LogP contribution >= 0.6 is 15.6 Å². The molecule has 0 spiro atoms. The van der Waals surface area contributed by atoms with Gasteiger partial charge >= 0.3 is 33.3 Å². The number of allylic oxidation sites excluding steroid dienone is 9. The van der Waals surface area contributed by atoms with E-state index in [-0.39, 0.29) is 31.5 Å². The molecule has 0 amide bonds. The Morgan fingerprint density at radius 3 is 1.79 bits per heavy atom. The molecule has 78 heavy (non-hydrogen) atoms. The highest BCUT2D eigenvalue weighted by Gasteiger charge is 2.46. The van der Waals surface area contributed by atoms with Crippen molar-refractivity contribution >= 4 is 33.4 Å². The molecule has 1 aliphatic rings. The van der Waals surface area contributed by atoms with Crippen LogP contribution in [0.2, 0.25) is 0 Å². The maximum atomic E-state index is 12.9. The van der Waals surface area contributed by atoms with Crippen molar-refractivity contribution in [2.75, 3.05) is 25.6 Å². The standard InChI is InChI=1S/C57H97N3O16P2/c1-4-6-7-8-9-10-11-18-22-25-28-31-34-38-48(61)39-36-41-52(62)71-44-49(74-53(63)40-35-32-29-26-23-20-17-15-13-12-14-16-19-21-24-27-30-33-37-47(3)5-2)45-72-77(67,68)76-78(69,70)73-46-50-54(64)55(65)56(75-50)60-43-42-51(58)59-57(60)66/h6-7,9-10,18,22,28,31,34,38,42-43,47-50,54-56,61,64-65H,4-5,8,11-17,19-21,23-27,29-30,32-33,35-37,39-41,44-46H2,1-3H3,(H,67,68)(H,69,70)(H2,58,59,66)/b7-6-,10-9-,22-18-,31-28-,38-34+/t47?,48?,49-,50-,54-,55-,56-/m1/s1. The summed E-state index contributed by atoms with van der Waals surface area (Å²) in [5.41, 5.74) is 4.58. The first kappa shape index (κ1) is 70.5. The number of ether oxygens (including phenoxy) is 3. The third-order valence-electron chi connectivity index (χ3n) is 13.3. The van der Waals surface area contributed by atoms with E-state index in [1.807, 2.05) is 12.2 Å². The Kier molecular flexibility index (Phi) is 39.1. The van der Waals surface area contributed by atoms with Crippen LogP contribution in [0.4, 0.5) is 5.82 Å². The lowest BCUT2D eigenvalue weighted by molar-refractivity contribution is -0.161. The number of nitrogens with two attached hydrogens (primary N) is 1. The van der Waals surface area contributed by atoms with Crippen molar-refractivity contribution in [3.05, 3.63) is 83.5 Å². The predicted octanol–water partition coefficient (Wildman–Crippen LogP) is 11.9. The van der Waals surface area contributed by atoms with E-state index in [1.54, 1.807) is 12.2 Å². The lowest BCUT2D eigenvalue weighted by Gasteiger charge is -2.21. The number of nitrogen functional groups attached to an aromatic ring is 1. The molecule has 1 aliphatic heterocycles. The Labute approximate surface area is 465 Å². The van der Waals surface area contributed by atoms with Gasteiger partial charge < -0.3 is 45.1 Å². The van der Waals surface area contributed by atoms with Gasteiger partial charge in [0.25, 0.3) is 0 Å². The van der Waals surface area contributed by atoms with Gasteiger partial charge in [0, 0.05) is 19.0 Å². The zero-order chi connectivity index (χ0) is 57.3. The molecular weight excluding hydrogens is 1040 g/mol. The van der Waals surface area contributed by atoms with E-state index in [9.17, 15) is 48.6 Å². The van der Waals surface area contributed by atoms with Crippen molar-refractivity contribution in [3.63, 3.8) is 0 Å². The first-order valence-electron chi connectivity index (χ1n) is 28.8. The van der Waals surface area contributed by atoms with Crippen LogP contribution in [0.3, 0.4) is 0 Å². The summed E-state index contributed by atoms with van der Waals surface area (Å²) in [6.07, 6.45) is 40.3. The number of rotatable bonds is 47. The van der Waals surface area contributed by atoms with Crippen molar-refractivity contribution in [2.24, 2.45) is 5.92 Å². The van der Waals surface area contributed by atoms with Crippen LogP contribution in [0, 0.1) is 5.92 Å². The smallest absolute Gasteiger partial charge is 0.462 e. The van der Waals surface area contributed by atoms with Crippen LogP contribution in [-0.2, 0) is 46.3 Å². The van der Waals surface area contributed by atoms with Crippen LogP contribution in [-0.4, -0.2) is 96.9 Å². The third kappa shape index (κ3) is 35.2. The van der Waals surface area contributed by atoms with Gasteiger partial charge in [-0.2, -0.15) is 9.29 Å². The summed E-state index contributed by atoms with van der Waals surface area (Å²) >= 11 is 0. The summed E-state index contributed by atoms with van der Waals surface area (Å²) < 4.78 is 56.8. The molecule has 2 rings (SSSR count). The van der Waals surface area contributed by atoms with Crippen molar-refractivity contribution in [3.8, 4) is 0 Å². The highest BCUT2D eigenvalue weighted by molar-refractivity contribution is 7.61. The molecule has 446 valence electrons. The Morgan fingerprint density at radius 1 is 0.705 bits per heavy atom. The van der Waals surface area contributed by atoms with Gasteiger partial charge in [0.15, 0.2) is 12.3 Å². The zero-order valence-corrected chi connectivity index (χ0v) is 48.8. The van der Waals surface area contributed by atoms with E-state index in [4.69, 9.17) is 29.0 Å². The molecule has 21 heteroatoms. The SMILES string of the molecule is CC/C=C\C/C=C\C/C=C\C/C=C\C=C\C(O)CCCC(=O)OC[C@H](COP(=O)(O)OP(=O)(O)OC[C@H]1O[C@@H](n2ccc(N)nc2=O)[C@H](O)[C@@H]1O)OC(=O)CCCCCCCCCCCCCCCCCCCCC(C)CC. The number of aromatic nitrogens is 2. The average Bonchev–Trinajstić information content (AvgIpc) is 3.68. The molecule has 4 unspecified atom stereocenters. The molecule has 9 atom stereocenters. The summed E-state index contributed by atoms with van der Waals surface area (Å²) in [5, 5.41) is 31.3. The first-order chi connectivity index (χ1) is 37.5. The molecule has 0 aliphatic carbocycles. The summed E-state index contributed by atoms with van der Waals surface area (Å²) in [4.78, 5) is 62.2. The van der Waals surface area contributed by atoms with E-state index >= 15 is 0 Å². The zero-order valence-electron chi connectivity index (χ0n) is 47.0. The molecule has 0 radical (unpaired) electrons. The number of aliphatic hydroxyl groups excluding tert-OH is 3. The minimum absolute atomic E-state index is 0.0102. The number of phosphoric ester groups is 2. The average molecular weight is 1140 g/mol. The molecule has 0 saturated carbocycles. The summed E-state index contributed by atoms with van der Waals surface area (Å²) in [7, 11) is -10.9. The minimum Gasteiger partial charge on any atom is -0.462 e. The van der Waals surface area contributed by atoms with Crippen LogP contribution < -0.4 is 11.4 Å². The predicted molar refractivity (Wildman–Crippen MR) is 304 cm³/mol. The van der Waals surface area contributed by atoms with E-state index in [2.05, 4.69) is 66.5 Å².